The van der Waals surface area contributed by atoms with Gasteiger partial charge in [-0.15, -0.1) is 11.3 Å². The maximum atomic E-state index is 5.63. The molecule has 3 nitrogen and oxygen atoms in total. The summed E-state index contributed by atoms with van der Waals surface area (Å²) in [5.74, 6) is 5.63. The first kappa shape index (κ1) is 12.9. The van der Waals surface area contributed by atoms with Gasteiger partial charge in [0, 0.05) is 15.4 Å². The second-order valence-electron chi connectivity index (χ2n) is 3.84. The molecule has 3 N–H and O–H groups in total. The number of hydrazine groups is 1. The van der Waals surface area contributed by atoms with Crippen molar-refractivity contribution in [3.8, 4) is 0 Å². The Morgan fingerprint density at radius 2 is 2.35 bits per heavy atom. The minimum absolute atomic E-state index is 0.117. The fourth-order valence-corrected chi connectivity index (χ4v) is 2.90. The van der Waals surface area contributed by atoms with Crippen LogP contribution in [0.25, 0.3) is 0 Å². The van der Waals surface area contributed by atoms with E-state index >= 15 is 0 Å². The summed E-state index contributed by atoms with van der Waals surface area (Å²) in [5.41, 5.74) is 5.16. The van der Waals surface area contributed by atoms with E-state index in [2.05, 4.69) is 56.6 Å². The number of rotatable bonds is 4. The van der Waals surface area contributed by atoms with Crippen LogP contribution in [0.4, 0.5) is 0 Å². The van der Waals surface area contributed by atoms with Gasteiger partial charge in [0.1, 0.15) is 0 Å². The first-order valence-corrected chi connectivity index (χ1v) is 7.27. The fraction of sp³-hybridized carbons (Fsp3) is 0.250. The summed E-state index contributed by atoms with van der Waals surface area (Å²) < 4.78 is 1.22. The molecule has 0 saturated carbocycles. The van der Waals surface area contributed by atoms with Gasteiger partial charge >= 0.3 is 0 Å². The van der Waals surface area contributed by atoms with Crippen LogP contribution >= 0.6 is 33.9 Å². The Hall–Kier alpha value is -0.500. The monoisotopic (exact) mass is 359 g/mol. The number of nitrogens with zero attached hydrogens (tertiary/aromatic N) is 1. The third-order valence-corrected chi connectivity index (χ3v) is 4.03. The molecule has 0 spiro atoms. The van der Waals surface area contributed by atoms with Crippen LogP contribution in [0.3, 0.4) is 0 Å². The topological polar surface area (TPSA) is 50.9 Å². The predicted octanol–water partition coefficient (Wildman–Crippen LogP) is 2.80. The first-order valence-electron chi connectivity index (χ1n) is 5.31. The Kier molecular flexibility index (Phi) is 4.49. The van der Waals surface area contributed by atoms with Gasteiger partial charge in [-0.2, -0.15) is 0 Å². The van der Waals surface area contributed by atoms with Gasteiger partial charge in [-0.25, -0.2) is 4.98 Å². The average Bonchev–Trinajstić information content (AvgIpc) is 2.72. The molecule has 0 aliphatic rings. The lowest BCUT2D eigenvalue weighted by Crippen LogP contribution is -2.29. The molecule has 1 atom stereocenters. The lowest BCUT2D eigenvalue weighted by Gasteiger charge is -2.15. The normalized spacial score (nSPS) is 12.6. The molecule has 5 heteroatoms. The Bertz CT molecular complexity index is 498. The number of nitrogens with two attached hydrogens (primary N) is 1. The van der Waals surface area contributed by atoms with Crippen LogP contribution < -0.4 is 11.3 Å². The SMILES string of the molecule is Cc1nc(CC(NN)c2cccc(I)c2)cs1. The lowest BCUT2D eigenvalue weighted by atomic mass is 10.0. The zero-order valence-electron chi connectivity index (χ0n) is 9.48. The van der Waals surface area contributed by atoms with Crippen LogP contribution in [-0.4, -0.2) is 4.98 Å². The van der Waals surface area contributed by atoms with E-state index in [-0.39, 0.29) is 6.04 Å². The molecule has 1 heterocycles. The molecule has 90 valence electrons. The molecule has 0 aliphatic carbocycles. The van der Waals surface area contributed by atoms with Gasteiger partial charge in [0.2, 0.25) is 0 Å². The maximum absolute atomic E-state index is 5.63. The maximum Gasteiger partial charge on any atom is 0.0897 e. The Labute approximate surface area is 119 Å². The van der Waals surface area contributed by atoms with Crippen molar-refractivity contribution < 1.29 is 0 Å². The molecule has 1 aromatic heterocycles. The fourth-order valence-electron chi connectivity index (χ4n) is 1.71. The summed E-state index contributed by atoms with van der Waals surface area (Å²) in [4.78, 5) is 4.47. The van der Waals surface area contributed by atoms with Crippen molar-refractivity contribution >= 4 is 33.9 Å². The highest BCUT2D eigenvalue weighted by molar-refractivity contribution is 14.1. The molecule has 0 fully saturated rings. The Morgan fingerprint density at radius 3 is 2.94 bits per heavy atom. The number of benzene rings is 1. The lowest BCUT2D eigenvalue weighted by molar-refractivity contribution is 0.546. The predicted molar refractivity (Wildman–Crippen MR) is 79.8 cm³/mol. The summed E-state index contributed by atoms with van der Waals surface area (Å²) in [6.07, 6.45) is 0.820. The molecule has 0 radical (unpaired) electrons. The molecule has 1 aromatic carbocycles. The highest BCUT2D eigenvalue weighted by atomic mass is 127. The van der Waals surface area contributed by atoms with Crippen molar-refractivity contribution in [3.05, 3.63) is 49.5 Å². The third kappa shape index (κ3) is 3.48. The number of halogens is 1. The molecule has 0 aliphatic heterocycles. The molecule has 1 unspecified atom stereocenters. The van der Waals surface area contributed by atoms with Crippen molar-refractivity contribution in [3.63, 3.8) is 0 Å². The smallest absolute Gasteiger partial charge is 0.0897 e. The number of aryl methyl sites for hydroxylation is 1. The van der Waals surface area contributed by atoms with Crippen molar-refractivity contribution in [2.75, 3.05) is 0 Å². The van der Waals surface area contributed by atoms with Gasteiger partial charge in [-0.1, -0.05) is 12.1 Å². The quantitative estimate of drug-likeness (QED) is 0.502. The van der Waals surface area contributed by atoms with Crippen LogP contribution in [0.1, 0.15) is 22.3 Å². The van der Waals surface area contributed by atoms with Crippen molar-refractivity contribution in [2.24, 2.45) is 5.84 Å². The van der Waals surface area contributed by atoms with E-state index in [9.17, 15) is 0 Å². The van der Waals surface area contributed by atoms with Gasteiger partial charge < -0.3 is 0 Å². The van der Waals surface area contributed by atoms with Crippen LogP contribution in [-0.2, 0) is 6.42 Å². The van der Waals surface area contributed by atoms with E-state index in [1.807, 2.05) is 13.0 Å². The molecule has 0 amide bonds. The van der Waals surface area contributed by atoms with Crippen LogP contribution in [0.15, 0.2) is 29.6 Å². The number of nitrogens with one attached hydrogen (secondary N) is 1. The van der Waals surface area contributed by atoms with E-state index in [1.54, 1.807) is 11.3 Å². The Balaban J connectivity index is 2.16. The van der Waals surface area contributed by atoms with E-state index in [4.69, 9.17) is 5.84 Å². The van der Waals surface area contributed by atoms with Crippen molar-refractivity contribution in [1.29, 1.82) is 0 Å². The largest absolute Gasteiger partial charge is 0.271 e. The number of hydrogen-bond donors (Lipinski definition) is 2. The summed E-state index contributed by atoms with van der Waals surface area (Å²) in [7, 11) is 0. The number of thiazole rings is 1. The zero-order chi connectivity index (χ0) is 12.3. The van der Waals surface area contributed by atoms with Gasteiger partial charge in [0.05, 0.1) is 16.7 Å². The minimum Gasteiger partial charge on any atom is -0.271 e. The molecule has 0 bridgehead atoms. The van der Waals surface area contributed by atoms with Gasteiger partial charge in [0.25, 0.3) is 0 Å². The molecule has 17 heavy (non-hydrogen) atoms. The second kappa shape index (κ2) is 5.90. The Morgan fingerprint density at radius 1 is 1.53 bits per heavy atom. The number of aromatic nitrogens is 1. The zero-order valence-corrected chi connectivity index (χ0v) is 12.5. The summed E-state index contributed by atoms with van der Waals surface area (Å²) in [6.45, 7) is 2.02. The molecule has 0 saturated heterocycles. The average molecular weight is 359 g/mol. The van der Waals surface area contributed by atoms with Gasteiger partial charge in [-0.05, 0) is 47.2 Å². The minimum atomic E-state index is 0.117. The highest BCUT2D eigenvalue weighted by Crippen LogP contribution is 2.20. The highest BCUT2D eigenvalue weighted by Gasteiger charge is 2.12. The second-order valence-corrected chi connectivity index (χ2v) is 6.14. The summed E-state index contributed by atoms with van der Waals surface area (Å²) >= 11 is 3.98. The van der Waals surface area contributed by atoms with Crippen LogP contribution in [0, 0.1) is 10.5 Å². The van der Waals surface area contributed by atoms with E-state index < -0.39 is 0 Å². The number of hydrogen-bond acceptors (Lipinski definition) is 4. The van der Waals surface area contributed by atoms with Crippen LogP contribution in [0.5, 0.6) is 0 Å². The van der Waals surface area contributed by atoms with Crippen molar-refractivity contribution in [2.45, 2.75) is 19.4 Å². The van der Waals surface area contributed by atoms with E-state index in [0.29, 0.717) is 0 Å². The third-order valence-electron chi connectivity index (χ3n) is 2.53. The summed E-state index contributed by atoms with van der Waals surface area (Å²) in [5, 5.41) is 3.19. The molecule has 2 rings (SSSR count). The van der Waals surface area contributed by atoms with E-state index in [0.717, 1.165) is 17.1 Å². The summed E-state index contributed by atoms with van der Waals surface area (Å²) in [6, 6.07) is 8.47. The first-order chi connectivity index (χ1) is 8.19. The molecule has 2 aromatic rings. The van der Waals surface area contributed by atoms with Crippen LogP contribution in [0.2, 0.25) is 0 Å². The van der Waals surface area contributed by atoms with Gasteiger partial charge in [0.15, 0.2) is 0 Å². The van der Waals surface area contributed by atoms with Crippen molar-refractivity contribution in [1.82, 2.24) is 10.4 Å². The van der Waals surface area contributed by atoms with Gasteiger partial charge in [-0.3, -0.25) is 11.3 Å². The molecular formula is C12H14IN3S. The molecular weight excluding hydrogens is 345 g/mol. The standard InChI is InChI=1S/C12H14IN3S/c1-8-15-11(7-17-8)6-12(16-14)9-3-2-4-10(13)5-9/h2-5,7,12,16H,6,14H2,1H3. The van der Waals surface area contributed by atoms with E-state index in [1.165, 1.54) is 9.13 Å².